The van der Waals surface area contributed by atoms with Crippen molar-refractivity contribution in [2.45, 2.75) is 101 Å². The first kappa shape index (κ1) is 47.9. The number of carbonyl (C=O) groups is 2. The monoisotopic (exact) mass is 934 g/mol. The second-order valence-corrected chi connectivity index (χ2v) is 19.5. The number of carbonyl (C=O) groups excluding carboxylic acids is 2. The maximum Gasteiger partial charge on any atom is 0.283 e. The number of fused-ring (bicyclic) bond motifs is 2. The third-order valence-corrected chi connectivity index (χ3v) is 13.1. The van der Waals surface area contributed by atoms with Gasteiger partial charge in [-0.1, -0.05) is 24.3 Å². The van der Waals surface area contributed by atoms with Crippen molar-refractivity contribution in [2.24, 2.45) is 5.14 Å². The average molecular weight is 936 g/mol. The lowest BCUT2D eigenvalue weighted by molar-refractivity contribution is -0.118. The van der Waals surface area contributed by atoms with Crippen LogP contribution in [0.1, 0.15) is 97.4 Å². The highest BCUT2D eigenvalue weighted by Crippen LogP contribution is 2.35. The lowest BCUT2D eigenvalue weighted by atomic mass is 9.91. The summed E-state index contributed by atoms with van der Waals surface area (Å²) in [6, 6.07) is 22.2. The molecule has 4 heterocycles. The molecule has 4 aromatic heterocycles. The van der Waals surface area contributed by atoms with Crippen molar-refractivity contribution in [3.63, 3.8) is 0 Å². The van der Waals surface area contributed by atoms with Gasteiger partial charge in [0.1, 0.15) is 23.5 Å². The molecular weight excluding hydrogens is 888 g/mol. The zero-order chi connectivity index (χ0) is 47.1. The average Bonchev–Trinajstić information content (AvgIpc) is 4.11. The zero-order valence-electron chi connectivity index (χ0n) is 36.2. The molecule has 0 radical (unpaired) electrons. The number of aromatic nitrogens is 6. The number of pyridine rings is 2. The summed E-state index contributed by atoms with van der Waals surface area (Å²) in [6.45, 7) is 7.58. The minimum atomic E-state index is -4.08. The Morgan fingerprint density at radius 1 is 0.708 bits per heavy atom. The molecule has 0 saturated heterocycles. The lowest BCUT2D eigenvalue weighted by Gasteiger charge is -2.15. The Labute approximate surface area is 383 Å². The molecule has 1 amide bonds. The molecular formula is C46H47ClN10O6S2. The molecule has 0 aliphatic heterocycles. The first-order valence-electron chi connectivity index (χ1n) is 20.8. The van der Waals surface area contributed by atoms with Crippen LogP contribution in [0, 0.1) is 22.7 Å². The van der Waals surface area contributed by atoms with Crippen LogP contribution in [-0.4, -0.2) is 57.5 Å². The van der Waals surface area contributed by atoms with Crippen molar-refractivity contribution < 1.29 is 26.4 Å². The van der Waals surface area contributed by atoms with Crippen LogP contribution in [0.25, 0.3) is 22.3 Å². The molecule has 0 spiro atoms. The van der Waals surface area contributed by atoms with Crippen molar-refractivity contribution >= 4 is 42.8 Å². The SMILES string of the molecule is CC(C)n1ccc(S(=O)(=O)NC(=O)Cc2c(-c3ccnc(C#N)c3)ccc3c2CCC3)n1.CC(C)n1ccc(S(N)(=O)=O)n1.N#Cc1cc(-c2ccc3c(c2CC(=O)Cl)CCC3)ccn1. The summed E-state index contributed by atoms with van der Waals surface area (Å²) in [4.78, 5) is 32.3. The first-order chi connectivity index (χ1) is 30.9. The fourth-order valence-corrected chi connectivity index (χ4v) is 9.31. The molecule has 0 atom stereocenters. The summed E-state index contributed by atoms with van der Waals surface area (Å²) >= 11 is 5.63. The van der Waals surface area contributed by atoms with Crippen molar-refractivity contribution in [1.82, 2.24) is 34.3 Å². The molecule has 8 rings (SSSR count). The summed E-state index contributed by atoms with van der Waals surface area (Å²) in [6.07, 6.45) is 12.4. The number of halogens is 1. The second-order valence-electron chi connectivity index (χ2n) is 16.0. The third-order valence-electron chi connectivity index (χ3n) is 10.9. The van der Waals surface area contributed by atoms with E-state index in [4.69, 9.17) is 22.0 Å². The van der Waals surface area contributed by atoms with E-state index in [9.17, 15) is 31.7 Å². The Morgan fingerprint density at radius 3 is 1.58 bits per heavy atom. The molecule has 65 heavy (non-hydrogen) atoms. The van der Waals surface area contributed by atoms with Crippen molar-refractivity contribution in [1.29, 1.82) is 10.5 Å². The van der Waals surface area contributed by atoms with E-state index in [1.54, 1.807) is 47.7 Å². The van der Waals surface area contributed by atoms with Gasteiger partial charge >= 0.3 is 0 Å². The second kappa shape index (κ2) is 20.5. The van der Waals surface area contributed by atoms with E-state index in [1.807, 2.05) is 64.1 Å². The largest absolute Gasteiger partial charge is 0.283 e. The highest BCUT2D eigenvalue weighted by Gasteiger charge is 2.26. The zero-order valence-corrected chi connectivity index (χ0v) is 38.6. The molecule has 2 aromatic carbocycles. The van der Waals surface area contributed by atoms with E-state index >= 15 is 0 Å². The summed E-state index contributed by atoms with van der Waals surface area (Å²) in [7, 11) is -7.73. The summed E-state index contributed by atoms with van der Waals surface area (Å²) in [5.41, 5.74) is 10.7. The molecule has 2 aliphatic rings. The number of nitrogens with one attached hydrogen (secondary N) is 1. The number of rotatable bonds is 11. The lowest BCUT2D eigenvalue weighted by Crippen LogP contribution is -2.32. The molecule has 16 nitrogen and oxygen atoms in total. The fourth-order valence-electron chi connectivity index (χ4n) is 7.80. The Bertz CT molecular complexity index is 3080. The molecule has 3 N–H and O–H groups in total. The predicted molar refractivity (Wildman–Crippen MR) is 243 cm³/mol. The van der Waals surface area contributed by atoms with Crippen LogP contribution in [-0.2, 0) is 68.2 Å². The smallest absolute Gasteiger partial charge is 0.281 e. The topological polar surface area (TPSA) is 249 Å². The van der Waals surface area contributed by atoms with Gasteiger partial charge in [0.05, 0.1) is 6.42 Å². The van der Waals surface area contributed by atoms with Gasteiger partial charge in [0.15, 0.2) is 10.1 Å². The van der Waals surface area contributed by atoms with Gasteiger partial charge in [0.25, 0.3) is 20.0 Å². The van der Waals surface area contributed by atoms with Crippen molar-refractivity contribution in [2.75, 3.05) is 0 Å². The Kier molecular flexibility index (Phi) is 15.1. The highest BCUT2D eigenvalue weighted by molar-refractivity contribution is 7.90. The summed E-state index contributed by atoms with van der Waals surface area (Å²) in [5, 5.41) is 30.3. The molecule has 2 aliphatic carbocycles. The first-order valence-corrected chi connectivity index (χ1v) is 24.2. The molecule has 336 valence electrons. The maximum atomic E-state index is 12.9. The third kappa shape index (κ3) is 11.8. The van der Waals surface area contributed by atoms with Gasteiger partial charge in [0.2, 0.25) is 11.1 Å². The van der Waals surface area contributed by atoms with Crippen LogP contribution >= 0.6 is 11.6 Å². The number of sulfonamides is 2. The maximum absolute atomic E-state index is 12.9. The van der Waals surface area contributed by atoms with E-state index in [0.717, 1.165) is 77.5 Å². The number of hydrogen-bond acceptors (Lipinski definition) is 12. The predicted octanol–water partition coefficient (Wildman–Crippen LogP) is 6.46. The Morgan fingerprint density at radius 2 is 1.17 bits per heavy atom. The molecule has 6 aromatic rings. The Hall–Kier alpha value is -6.57. The van der Waals surface area contributed by atoms with E-state index in [0.29, 0.717) is 5.69 Å². The minimum absolute atomic E-state index is 0.00257. The summed E-state index contributed by atoms with van der Waals surface area (Å²) in [5.74, 6) is -0.625. The normalized spacial score (nSPS) is 12.8. The number of nitriles is 2. The van der Waals surface area contributed by atoms with Crippen molar-refractivity contribution in [3.05, 3.63) is 130 Å². The van der Waals surface area contributed by atoms with Gasteiger partial charge in [-0.25, -0.2) is 28.2 Å². The Balaban J connectivity index is 0.000000181. The number of hydrogen-bond donors (Lipinski definition) is 2. The van der Waals surface area contributed by atoms with E-state index < -0.39 is 26.0 Å². The molecule has 0 fully saturated rings. The standard InChI is InChI=1S/C23H23N5O3S.C17H13ClN2O.C6H11N3O2S/c1-15(2)28-11-9-23(26-28)32(30,31)27-22(29)13-21-19-5-3-4-16(19)6-7-20(21)17-8-10-25-18(12-17)14-24;18-17(21)9-16-14-3-1-2-11(14)4-5-15(16)12-6-7-20-13(8-12)10-19;1-5(2)9-4-3-6(8-9)12(7,10)11/h6-12,15H,3-5,13H2,1-2H3,(H,27,29);4-8H,1-3,9H2;3-5H,1-2H3,(H2,7,10,11). The highest BCUT2D eigenvalue weighted by atomic mass is 35.5. The number of nitrogens with zero attached hydrogens (tertiary/aromatic N) is 8. The van der Waals surface area contributed by atoms with Crippen molar-refractivity contribution in [3.8, 4) is 34.4 Å². The number of amides is 1. The van der Waals surface area contributed by atoms with Gasteiger partial charge < -0.3 is 0 Å². The number of nitrogens with two attached hydrogens (primary N) is 1. The molecule has 19 heteroatoms. The van der Waals surface area contributed by atoms with Crippen LogP contribution in [0.2, 0.25) is 0 Å². The van der Waals surface area contributed by atoms with Crippen LogP contribution < -0.4 is 9.86 Å². The van der Waals surface area contributed by atoms with Gasteiger partial charge in [-0.15, -0.1) is 0 Å². The van der Waals surface area contributed by atoms with Crippen LogP contribution in [0.4, 0.5) is 0 Å². The number of benzene rings is 2. The molecule has 0 bridgehead atoms. The van der Waals surface area contributed by atoms with Gasteiger partial charge in [-0.3, -0.25) is 19.0 Å². The van der Waals surface area contributed by atoms with Crippen LogP contribution in [0.5, 0.6) is 0 Å². The van der Waals surface area contributed by atoms with Crippen LogP contribution in [0.15, 0.2) is 95.5 Å². The fraction of sp³-hybridized carbons (Fsp3) is 0.304. The van der Waals surface area contributed by atoms with Gasteiger partial charge in [0, 0.05) is 43.3 Å². The van der Waals surface area contributed by atoms with Gasteiger partial charge in [-0.05, 0) is 170 Å². The van der Waals surface area contributed by atoms with E-state index in [2.05, 4.69) is 31.0 Å². The number of aryl methyl sites for hydroxylation is 2. The van der Waals surface area contributed by atoms with Gasteiger partial charge in [-0.2, -0.15) is 29.1 Å². The summed E-state index contributed by atoms with van der Waals surface area (Å²) < 4.78 is 52.1. The van der Waals surface area contributed by atoms with E-state index in [-0.39, 0.29) is 45.9 Å². The quantitative estimate of drug-likeness (QED) is 0.133. The molecule has 0 saturated carbocycles. The molecule has 0 unspecified atom stereocenters. The minimum Gasteiger partial charge on any atom is -0.281 e. The number of primary sulfonamides is 1. The van der Waals surface area contributed by atoms with E-state index in [1.165, 1.54) is 33.5 Å². The van der Waals surface area contributed by atoms with Crippen LogP contribution in [0.3, 0.4) is 0 Å².